The van der Waals surface area contributed by atoms with Crippen molar-refractivity contribution < 1.29 is 19.2 Å². The number of fused-ring (bicyclic) bond motifs is 1. The van der Waals surface area contributed by atoms with Gasteiger partial charge in [0.05, 0.1) is 11.1 Å². The topological polar surface area (TPSA) is 102 Å². The molecule has 0 fully saturated rings. The van der Waals surface area contributed by atoms with Gasteiger partial charge in [0.2, 0.25) is 0 Å². The highest BCUT2D eigenvalue weighted by molar-refractivity contribution is 7.80. The molecule has 1 aliphatic heterocycles. The van der Waals surface area contributed by atoms with E-state index >= 15 is 0 Å². The smallest absolute Gasteiger partial charge is 0.332 e. The molecule has 0 spiro atoms. The second-order valence-corrected chi connectivity index (χ2v) is 5.14. The molecule has 8 heteroatoms. The fraction of sp³-hybridized carbons (Fsp3) is 0.286. The van der Waals surface area contributed by atoms with E-state index in [9.17, 15) is 14.4 Å². The van der Waals surface area contributed by atoms with Crippen LogP contribution < -0.4 is 11.2 Å². The molecule has 22 heavy (non-hydrogen) atoms. The summed E-state index contributed by atoms with van der Waals surface area (Å²) in [5.74, 6) is -1.09. The summed E-state index contributed by atoms with van der Waals surface area (Å²) < 4.78 is 0. The summed E-state index contributed by atoms with van der Waals surface area (Å²) in [6.07, 6.45) is 1.12. The van der Waals surface area contributed by atoms with Crippen molar-refractivity contribution in [1.29, 1.82) is 0 Å². The van der Waals surface area contributed by atoms with E-state index in [2.05, 4.69) is 22.5 Å². The van der Waals surface area contributed by atoms with Crippen LogP contribution in [0.25, 0.3) is 0 Å². The lowest BCUT2D eigenvalue weighted by molar-refractivity contribution is -0.147. The minimum atomic E-state index is -0.504. The van der Waals surface area contributed by atoms with Gasteiger partial charge in [-0.15, -0.1) is 0 Å². The molecule has 1 aromatic carbocycles. The van der Waals surface area contributed by atoms with Crippen LogP contribution in [0.4, 0.5) is 0 Å². The molecular formula is C14H15N3O4S. The van der Waals surface area contributed by atoms with Gasteiger partial charge in [0.1, 0.15) is 0 Å². The van der Waals surface area contributed by atoms with Crippen molar-refractivity contribution in [3.8, 4) is 0 Å². The van der Waals surface area contributed by atoms with Crippen molar-refractivity contribution in [2.75, 3.05) is 6.54 Å². The minimum Gasteiger partial charge on any atom is -0.374 e. The van der Waals surface area contributed by atoms with E-state index in [4.69, 9.17) is 5.73 Å². The van der Waals surface area contributed by atoms with Crippen molar-refractivity contribution in [3.63, 3.8) is 0 Å². The molecule has 2 amide bonds. The number of imide groups is 1. The molecule has 0 saturated carbocycles. The first kappa shape index (κ1) is 15.9. The van der Waals surface area contributed by atoms with E-state index in [1.807, 2.05) is 0 Å². The maximum absolute atomic E-state index is 12.1. The Morgan fingerprint density at radius 2 is 1.77 bits per heavy atom. The number of hydrogen-bond donors (Lipinski definition) is 2. The largest absolute Gasteiger partial charge is 0.374 e. The molecule has 0 saturated heterocycles. The van der Waals surface area contributed by atoms with E-state index in [-0.39, 0.29) is 29.9 Å². The van der Waals surface area contributed by atoms with Gasteiger partial charge in [-0.2, -0.15) is 5.48 Å². The zero-order chi connectivity index (χ0) is 16.1. The minimum absolute atomic E-state index is 0.126. The number of carbonyl (C=O) groups is 3. The van der Waals surface area contributed by atoms with Gasteiger partial charge in [-0.3, -0.25) is 14.5 Å². The Labute approximate surface area is 132 Å². The number of hydroxylamine groups is 1. The Morgan fingerprint density at radius 3 is 2.32 bits per heavy atom. The van der Waals surface area contributed by atoms with Crippen LogP contribution in [0.15, 0.2) is 24.3 Å². The fourth-order valence-electron chi connectivity index (χ4n) is 2.14. The lowest BCUT2D eigenvalue weighted by Gasteiger charge is -2.13. The summed E-state index contributed by atoms with van der Waals surface area (Å²) in [6, 6.07) is 6.71. The quantitative estimate of drug-likeness (QED) is 0.357. The SMILES string of the molecule is NC(=S)NOC(=O)CCCCN1C(=O)c2ccccc2C1=O. The van der Waals surface area contributed by atoms with Gasteiger partial charge in [-0.25, -0.2) is 4.79 Å². The van der Waals surface area contributed by atoms with Crippen molar-refractivity contribution >= 4 is 35.1 Å². The van der Waals surface area contributed by atoms with Crippen molar-refractivity contribution in [2.45, 2.75) is 19.3 Å². The zero-order valence-electron chi connectivity index (χ0n) is 11.7. The van der Waals surface area contributed by atoms with Crippen molar-refractivity contribution in [1.82, 2.24) is 10.4 Å². The Hall–Kier alpha value is -2.48. The second-order valence-electron chi connectivity index (χ2n) is 4.71. The Kier molecular flexibility index (Phi) is 5.05. The molecule has 1 aromatic rings. The van der Waals surface area contributed by atoms with Crippen LogP contribution in [-0.2, 0) is 9.63 Å². The Morgan fingerprint density at radius 1 is 1.18 bits per heavy atom. The van der Waals surface area contributed by atoms with Crippen LogP contribution in [-0.4, -0.2) is 34.3 Å². The van der Waals surface area contributed by atoms with Gasteiger partial charge in [0, 0.05) is 13.0 Å². The van der Waals surface area contributed by atoms with E-state index in [0.29, 0.717) is 24.0 Å². The number of hydrogen-bond acceptors (Lipinski definition) is 5. The number of benzene rings is 1. The van der Waals surface area contributed by atoms with Gasteiger partial charge in [0.25, 0.3) is 11.8 Å². The molecule has 2 rings (SSSR count). The number of carbonyl (C=O) groups excluding carboxylic acids is 3. The van der Waals surface area contributed by atoms with Gasteiger partial charge < -0.3 is 10.6 Å². The van der Waals surface area contributed by atoms with Crippen LogP contribution in [0, 0.1) is 0 Å². The first-order chi connectivity index (χ1) is 10.5. The average Bonchev–Trinajstić information content (AvgIpc) is 2.74. The molecule has 0 bridgehead atoms. The highest BCUT2D eigenvalue weighted by Gasteiger charge is 2.34. The molecule has 1 aliphatic rings. The molecular weight excluding hydrogens is 306 g/mol. The fourth-order valence-corrected chi connectivity index (χ4v) is 2.18. The van der Waals surface area contributed by atoms with Crippen LogP contribution in [0.2, 0.25) is 0 Å². The monoisotopic (exact) mass is 321 g/mol. The summed E-state index contributed by atoms with van der Waals surface area (Å²) in [5, 5.41) is -0.126. The molecule has 116 valence electrons. The number of rotatable bonds is 5. The predicted molar refractivity (Wildman–Crippen MR) is 81.7 cm³/mol. The molecule has 0 radical (unpaired) electrons. The van der Waals surface area contributed by atoms with Crippen LogP contribution in [0.5, 0.6) is 0 Å². The number of thiocarbonyl (C=S) groups is 1. The third-order valence-electron chi connectivity index (χ3n) is 3.16. The standard InChI is InChI=1S/C14H15N3O4S/c15-14(22)16-21-11(18)7-3-4-8-17-12(19)9-5-1-2-6-10(9)13(17)20/h1-2,5-6H,3-4,7-8H2,(H3,15,16,22). The lowest BCUT2D eigenvalue weighted by Crippen LogP contribution is -2.32. The maximum Gasteiger partial charge on any atom is 0.332 e. The first-order valence-corrected chi connectivity index (χ1v) is 7.12. The van der Waals surface area contributed by atoms with Gasteiger partial charge >= 0.3 is 5.97 Å². The number of unbranched alkanes of at least 4 members (excludes halogenated alkanes) is 1. The number of amides is 2. The average molecular weight is 321 g/mol. The summed E-state index contributed by atoms with van der Waals surface area (Å²) in [7, 11) is 0. The van der Waals surface area contributed by atoms with Crippen LogP contribution in [0.1, 0.15) is 40.0 Å². The van der Waals surface area contributed by atoms with Gasteiger partial charge in [-0.1, -0.05) is 12.1 Å². The van der Waals surface area contributed by atoms with E-state index < -0.39 is 5.97 Å². The van der Waals surface area contributed by atoms with Crippen LogP contribution >= 0.6 is 12.2 Å². The summed E-state index contributed by atoms with van der Waals surface area (Å²) in [5.41, 5.74) is 8.05. The summed E-state index contributed by atoms with van der Waals surface area (Å²) in [6.45, 7) is 0.266. The molecule has 0 atom stereocenters. The molecule has 7 nitrogen and oxygen atoms in total. The highest BCUT2D eigenvalue weighted by Crippen LogP contribution is 2.22. The maximum atomic E-state index is 12.1. The van der Waals surface area contributed by atoms with Crippen LogP contribution in [0.3, 0.4) is 0 Å². The molecule has 0 aliphatic carbocycles. The second kappa shape index (κ2) is 6.99. The third-order valence-corrected chi connectivity index (χ3v) is 3.24. The Balaban J connectivity index is 1.77. The summed E-state index contributed by atoms with van der Waals surface area (Å²) in [4.78, 5) is 41.2. The number of nitrogens with two attached hydrogens (primary N) is 1. The highest BCUT2D eigenvalue weighted by atomic mass is 32.1. The third kappa shape index (κ3) is 3.59. The zero-order valence-corrected chi connectivity index (χ0v) is 12.5. The molecule has 0 unspecified atom stereocenters. The van der Waals surface area contributed by atoms with E-state index in [0.717, 1.165) is 0 Å². The number of nitrogens with one attached hydrogen (secondary N) is 1. The predicted octanol–water partition coefficient (Wildman–Crippen LogP) is 0.744. The summed E-state index contributed by atoms with van der Waals surface area (Å²) >= 11 is 4.49. The van der Waals surface area contributed by atoms with Gasteiger partial charge in [-0.05, 0) is 37.2 Å². The normalized spacial score (nSPS) is 13.0. The first-order valence-electron chi connectivity index (χ1n) is 6.71. The molecule has 3 N–H and O–H groups in total. The van der Waals surface area contributed by atoms with Crippen molar-refractivity contribution in [3.05, 3.63) is 35.4 Å². The van der Waals surface area contributed by atoms with Crippen molar-refractivity contribution in [2.24, 2.45) is 5.73 Å². The van der Waals surface area contributed by atoms with E-state index in [1.54, 1.807) is 24.3 Å². The lowest BCUT2D eigenvalue weighted by atomic mass is 10.1. The molecule has 0 aromatic heterocycles. The van der Waals surface area contributed by atoms with Gasteiger partial charge in [0.15, 0.2) is 5.11 Å². The number of nitrogens with zero attached hydrogens (tertiary/aromatic N) is 1. The van der Waals surface area contributed by atoms with E-state index in [1.165, 1.54) is 4.90 Å². The molecule has 1 heterocycles. The Bertz CT molecular complexity index is 597.